The van der Waals surface area contributed by atoms with Gasteiger partial charge in [0.2, 0.25) is 5.90 Å². The summed E-state index contributed by atoms with van der Waals surface area (Å²) in [6.07, 6.45) is 1.66. The third kappa shape index (κ3) is 4.67. The normalized spacial score (nSPS) is 15.0. The molecule has 146 valence electrons. The van der Waals surface area contributed by atoms with Crippen molar-refractivity contribution in [3.63, 3.8) is 0 Å². The fraction of sp³-hybridized carbons (Fsp3) is 0.238. The van der Waals surface area contributed by atoms with Crippen LogP contribution in [-0.4, -0.2) is 25.6 Å². The molecular weight excluding hydrogens is 493 g/mol. The quantitative estimate of drug-likeness (QED) is 0.299. The van der Waals surface area contributed by atoms with Crippen molar-refractivity contribution in [1.82, 2.24) is 0 Å². The predicted molar refractivity (Wildman–Crippen MR) is 118 cm³/mol. The van der Waals surface area contributed by atoms with Crippen LogP contribution in [0.3, 0.4) is 0 Å². The van der Waals surface area contributed by atoms with Crippen LogP contribution in [-0.2, 0) is 9.53 Å². The van der Waals surface area contributed by atoms with Gasteiger partial charge in [0.1, 0.15) is 0 Å². The summed E-state index contributed by atoms with van der Waals surface area (Å²) in [5.74, 6) is 1.35. The third-order valence-corrected chi connectivity index (χ3v) is 4.97. The summed E-state index contributed by atoms with van der Waals surface area (Å²) < 4.78 is 17.5. The molecule has 5 nitrogen and oxygen atoms in total. The number of esters is 1. The molecule has 0 amide bonds. The maximum Gasteiger partial charge on any atom is 0.363 e. The molecule has 0 radical (unpaired) electrons. The zero-order valence-electron chi connectivity index (χ0n) is 15.7. The highest BCUT2D eigenvalue weighted by Crippen LogP contribution is 2.35. The molecule has 0 unspecified atom stereocenters. The van der Waals surface area contributed by atoms with Crippen LogP contribution in [0, 0.1) is 9.49 Å². The summed E-state index contributed by atoms with van der Waals surface area (Å²) in [6, 6.07) is 10.8. The molecule has 0 aliphatic carbocycles. The fourth-order valence-corrected chi connectivity index (χ4v) is 3.53. The number of rotatable bonds is 6. The molecule has 0 atom stereocenters. The summed E-state index contributed by atoms with van der Waals surface area (Å²) in [7, 11) is 1.59. The van der Waals surface area contributed by atoms with Gasteiger partial charge in [-0.25, -0.2) is 9.79 Å². The van der Waals surface area contributed by atoms with Gasteiger partial charge in [-0.3, -0.25) is 0 Å². The maximum absolute atomic E-state index is 12.3. The highest BCUT2D eigenvalue weighted by atomic mass is 127. The second-order valence-corrected chi connectivity index (χ2v) is 8.12. The van der Waals surface area contributed by atoms with Crippen molar-refractivity contribution in [3.05, 3.63) is 61.8 Å². The van der Waals surface area contributed by atoms with E-state index < -0.39 is 5.97 Å². The van der Waals surface area contributed by atoms with Crippen molar-refractivity contribution in [2.75, 3.05) is 13.7 Å². The number of carbonyl (C=O) groups excluding carboxylic acids is 1. The number of halogens is 2. The first-order chi connectivity index (χ1) is 13.4. The number of cyclic esters (lactones) is 1. The summed E-state index contributed by atoms with van der Waals surface area (Å²) in [5.41, 5.74) is 1.53. The van der Waals surface area contributed by atoms with Gasteiger partial charge in [-0.1, -0.05) is 37.6 Å². The lowest BCUT2D eigenvalue weighted by molar-refractivity contribution is -0.129. The summed E-state index contributed by atoms with van der Waals surface area (Å²) >= 11 is 8.35. The first-order valence-corrected chi connectivity index (χ1v) is 10.1. The van der Waals surface area contributed by atoms with Crippen molar-refractivity contribution >= 4 is 52.1 Å². The SMILES string of the molecule is COc1cc(/C=C2\N=C(c3ccccc3Cl)OC2=O)cc(I)c1OCC(C)C. The Bertz CT molecular complexity index is 969. The number of aliphatic imine (C=N–C) groups is 1. The van der Waals surface area contributed by atoms with E-state index in [2.05, 4.69) is 41.4 Å². The summed E-state index contributed by atoms with van der Waals surface area (Å²) in [4.78, 5) is 16.6. The highest BCUT2D eigenvalue weighted by Gasteiger charge is 2.25. The van der Waals surface area contributed by atoms with Crippen molar-refractivity contribution in [3.8, 4) is 11.5 Å². The third-order valence-electron chi connectivity index (χ3n) is 3.84. The molecule has 0 saturated heterocycles. The Kier molecular flexibility index (Phi) is 6.61. The Morgan fingerprint density at radius 3 is 2.71 bits per heavy atom. The average molecular weight is 512 g/mol. The van der Waals surface area contributed by atoms with E-state index in [1.807, 2.05) is 12.1 Å². The molecule has 0 saturated carbocycles. The number of hydrogen-bond donors (Lipinski definition) is 0. The molecule has 0 bridgehead atoms. The molecule has 2 aromatic carbocycles. The molecule has 2 aromatic rings. The Morgan fingerprint density at radius 2 is 2.04 bits per heavy atom. The van der Waals surface area contributed by atoms with E-state index in [-0.39, 0.29) is 11.6 Å². The van der Waals surface area contributed by atoms with Crippen molar-refractivity contribution in [1.29, 1.82) is 0 Å². The van der Waals surface area contributed by atoms with Crippen LogP contribution in [0.1, 0.15) is 25.0 Å². The zero-order valence-corrected chi connectivity index (χ0v) is 18.6. The standard InChI is InChI=1S/C21H19ClINO4/c1-12(2)11-27-19-16(23)8-13(10-18(19)26-3)9-17-21(25)28-20(24-17)14-6-4-5-7-15(14)22/h4-10,12H,11H2,1-3H3/b17-9-. The molecule has 0 fully saturated rings. The van der Waals surface area contributed by atoms with Crippen LogP contribution in [0.15, 0.2) is 47.1 Å². The number of hydrogen-bond acceptors (Lipinski definition) is 5. The molecule has 28 heavy (non-hydrogen) atoms. The molecular formula is C21H19ClINO4. The molecule has 3 rings (SSSR count). The molecule has 1 heterocycles. The molecule has 0 aromatic heterocycles. The van der Waals surface area contributed by atoms with Crippen molar-refractivity contribution < 1.29 is 19.0 Å². The first kappa shape index (κ1) is 20.7. The van der Waals surface area contributed by atoms with Crippen molar-refractivity contribution in [2.24, 2.45) is 10.9 Å². The minimum atomic E-state index is -0.524. The van der Waals surface area contributed by atoms with Gasteiger partial charge in [0.15, 0.2) is 17.2 Å². The number of nitrogens with zero attached hydrogens (tertiary/aromatic N) is 1. The van der Waals surface area contributed by atoms with Crippen LogP contribution in [0.2, 0.25) is 5.02 Å². The Balaban J connectivity index is 1.93. The van der Waals surface area contributed by atoms with Crippen LogP contribution in [0.25, 0.3) is 6.08 Å². The van der Waals surface area contributed by atoms with Gasteiger partial charge < -0.3 is 14.2 Å². The Labute approximate surface area is 182 Å². The lowest BCUT2D eigenvalue weighted by Gasteiger charge is -2.15. The van der Waals surface area contributed by atoms with Gasteiger partial charge in [-0.2, -0.15) is 0 Å². The lowest BCUT2D eigenvalue weighted by atomic mass is 10.1. The van der Waals surface area contributed by atoms with Gasteiger partial charge >= 0.3 is 5.97 Å². The minimum Gasteiger partial charge on any atom is -0.493 e. The number of benzene rings is 2. The minimum absolute atomic E-state index is 0.195. The number of ether oxygens (including phenoxy) is 3. The van der Waals surface area contributed by atoms with E-state index in [0.29, 0.717) is 34.6 Å². The molecule has 0 spiro atoms. The van der Waals surface area contributed by atoms with Crippen LogP contribution >= 0.6 is 34.2 Å². The number of carbonyl (C=O) groups is 1. The second kappa shape index (κ2) is 8.96. The molecule has 7 heteroatoms. The van der Waals surface area contributed by atoms with Crippen LogP contribution < -0.4 is 9.47 Å². The summed E-state index contributed by atoms with van der Waals surface area (Å²) in [5, 5.41) is 0.471. The smallest absolute Gasteiger partial charge is 0.363 e. The fourth-order valence-electron chi connectivity index (χ4n) is 2.53. The maximum atomic E-state index is 12.3. The van der Waals surface area contributed by atoms with Crippen molar-refractivity contribution in [2.45, 2.75) is 13.8 Å². The van der Waals surface area contributed by atoms with E-state index in [0.717, 1.165) is 9.13 Å². The zero-order chi connectivity index (χ0) is 20.3. The average Bonchev–Trinajstić information content (AvgIpc) is 3.00. The van der Waals surface area contributed by atoms with E-state index in [9.17, 15) is 4.79 Å². The van der Waals surface area contributed by atoms with E-state index >= 15 is 0 Å². The van der Waals surface area contributed by atoms with Crippen LogP contribution in [0.4, 0.5) is 0 Å². The lowest BCUT2D eigenvalue weighted by Crippen LogP contribution is -2.07. The topological polar surface area (TPSA) is 57.1 Å². The Hall–Kier alpha value is -2.06. The van der Waals surface area contributed by atoms with Gasteiger partial charge in [-0.15, -0.1) is 0 Å². The van der Waals surface area contributed by atoms with E-state index in [1.165, 1.54) is 0 Å². The number of methoxy groups -OCH3 is 1. The monoisotopic (exact) mass is 511 g/mol. The largest absolute Gasteiger partial charge is 0.493 e. The highest BCUT2D eigenvalue weighted by molar-refractivity contribution is 14.1. The Morgan fingerprint density at radius 1 is 1.29 bits per heavy atom. The molecule has 0 N–H and O–H groups in total. The van der Waals surface area contributed by atoms with Gasteiger partial charge in [-0.05, 0) is 64.4 Å². The van der Waals surface area contributed by atoms with Gasteiger partial charge in [0.05, 0.1) is 27.9 Å². The van der Waals surface area contributed by atoms with Crippen LogP contribution in [0.5, 0.6) is 11.5 Å². The summed E-state index contributed by atoms with van der Waals surface area (Å²) in [6.45, 7) is 4.75. The predicted octanol–water partition coefficient (Wildman–Crippen LogP) is 5.33. The second-order valence-electron chi connectivity index (χ2n) is 6.55. The molecule has 1 aliphatic heterocycles. The van der Waals surface area contributed by atoms with Gasteiger partial charge in [0, 0.05) is 0 Å². The first-order valence-electron chi connectivity index (χ1n) is 8.67. The van der Waals surface area contributed by atoms with E-state index in [4.69, 9.17) is 25.8 Å². The molecule has 1 aliphatic rings. The van der Waals surface area contributed by atoms with E-state index in [1.54, 1.807) is 37.5 Å². The van der Waals surface area contributed by atoms with Gasteiger partial charge in [0.25, 0.3) is 0 Å².